The van der Waals surface area contributed by atoms with E-state index in [1.54, 1.807) is 0 Å². The molecule has 2 aliphatic heterocycles. The number of carbonyl (C=O) groups is 1. The third kappa shape index (κ3) is 2.58. The summed E-state index contributed by atoms with van der Waals surface area (Å²) in [5.41, 5.74) is 0.673. The highest BCUT2D eigenvalue weighted by atomic mass is 16.5. The second-order valence-electron chi connectivity index (χ2n) is 6.23. The Kier molecular flexibility index (Phi) is 4.00. The lowest BCUT2D eigenvalue weighted by Gasteiger charge is -2.35. The molecule has 2 heterocycles. The highest BCUT2D eigenvalue weighted by Crippen LogP contribution is 2.35. The number of nitrogens with zero attached hydrogens (tertiary/aromatic N) is 1. The van der Waals surface area contributed by atoms with E-state index in [1.807, 2.05) is 30.0 Å². The molecule has 4 heteroatoms. The van der Waals surface area contributed by atoms with Gasteiger partial charge in [0.25, 0.3) is 0 Å². The monoisotopic (exact) mass is 288 g/mol. The van der Waals surface area contributed by atoms with Crippen LogP contribution in [0.25, 0.3) is 0 Å². The van der Waals surface area contributed by atoms with Crippen molar-refractivity contribution in [3.63, 3.8) is 0 Å². The minimum atomic E-state index is -0.474. The van der Waals surface area contributed by atoms with Gasteiger partial charge in [-0.2, -0.15) is 0 Å². The molecule has 1 amide bonds. The van der Waals surface area contributed by atoms with Crippen LogP contribution >= 0.6 is 0 Å². The Morgan fingerprint density at radius 2 is 2.14 bits per heavy atom. The van der Waals surface area contributed by atoms with Crippen molar-refractivity contribution in [2.45, 2.75) is 50.9 Å². The zero-order valence-corrected chi connectivity index (χ0v) is 12.8. The molecule has 1 N–H and O–H groups in total. The van der Waals surface area contributed by atoms with Crippen molar-refractivity contribution in [2.24, 2.45) is 0 Å². The summed E-state index contributed by atoms with van der Waals surface area (Å²) >= 11 is 0. The van der Waals surface area contributed by atoms with Crippen molar-refractivity contribution in [1.82, 2.24) is 10.2 Å². The average Bonchev–Trinajstić information content (AvgIpc) is 2.82. The van der Waals surface area contributed by atoms with Crippen molar-refractivity contribution >= 4 is 5.91 Å². The molecule has 0 saturated carbocycles. The molecule has 3 unspecified atom stereocenters. The quantitative estimate of drug-likeness (QED) is 0.929. The Morgan fingerprint density at radius 1 is 1.38 bits per heavy atom. The number of hydrogen-bond donors (Lipinski definition) is 1. The predicted molar refractivity (Wildman–Crippen MR) is 81.7 cm³/mol. The van der Waals surface area contributed by atoms with Crippen LogP contribution in [0.15, 0.2) is 30.3 Å². The van der Waals surface area contributed by atoms with Gasteiger partial charge in [-0.1, -0.05) is 37.3 Å². The average molecular weight is 288 g/mol. The van der Waals surface area contributed by atoms with Gasteiger partial charge in [0, 0.05) is 6.61 Å². The van der Waals surface area contributed by atoms with Crippen LogP contribution in [0.4, 0.5) is 0 Å². The van der Waals surface area contributed by atoms with E-state index in [9.17, 15) is 4.79 Å². The third-order valence-corrected chi connectivity index (χ3v) is 4.79. The molecule has 0 aromatic heterocycles. The molecule has 21 heavy (non-hydrogen) atoms. The number of nitrogens with one attached hydrogen (secondary N) is 1. The van der Waals surface area contributed by atoms with Gasteiger partial charge in [-0.05, 0) is 31.7 Å². The summed E-state index contributed by atoms with van der Waals surface area (Å²) in [4.78, 5) is 15.0. The summed E-state index contributed by atoms with van der Waals surface area (Å²) in [5, 5.41) is 3.55. The molecule has 2 aliphatic rings. The molecular formula is C17H24N2O2. The minimum absolute atomic E-state index is 0.0460. The van der Waals surface area contributed by atoms with Gasteiger partial charge in [-0.25, -0.2) is 0 Å². The van der Waals surface area contributed by atoms with E-state index < -0.39 is 5.54 Å². The predicted octanol–water partition coefficient (Wildman–Crippen LogP) is 2.46. The van der Waals surface area contributed by atoms with Gasteiger partial charge in [0.05, 0.1) is 18.2 Å². The van der Waals surface area contributed by atoms with Crippen molar-refractivity contribution in [2.75, 3.05) is 13.2 Å². The van der Waals surface area contributed by atoms with Gasteiger partial charge in [0.2, 0.25) is 5.91 Å². The smallest absolute Gasteiger partial charge is 0.244 e. The lowest BCUT2D eigenvalue weighted by molar-refractivity contribution is -0.138. The van der Waals surface area contributed by atoms with Gasteiger partial charge in [0.15, 0.2) is 0 Å². The molecule has 2 fully saturated rings. The fraction of sp³-hybridized carbons (Fsp3) is 0.588. The van der Waals surface area contributed by atoms with E-state index in [0.717, 1.165) is 31.4 Å². The number of benzene rings is 1. The van der Waals surface area contributed by atoms with E-state index in [-0.39, 0.29) is 18.1 Å². The molecule has 2 saturated heterocycles. The third-order valence-electron chi connectivity index (χ3n) is 4.79. The van der Waals surface area contributed by atoms with Crippen molar-refractivity contribution in [3.8, 4) is 0 Å². The summed E-state index contributed by atoms with van der Waals surface area (Å²) < 4.78 is 5.61. The highest BCUT2D eigenvalue weighted by molar-refractivity contribution is 5.89. The van der Waals surface area contributed by atoms with E-state index in [4.69, 9.17) is 4.74 Å². The van der Waals surface area contributed by atoms with Crippen molar-refractivity contribution in [3.05, 3.63) is 35.9 Å². The van der Waals surface area contributed by atoms with Crippen molar-refractivity contribution < 1.29 is 9.53 Å². The van der Waals surface area contributed by atoms with Crippen LogP contribution in [0.5, 0.6) is 0 Å². The maximum atomic E-state index is 12.9. The first-order valence-corrected chi connectivity index (χ1v) is 7.89. The fourth-order valence-electron chi connectivity index (χ4n) is 3.29. The zero-order valence-electron chi connectivity index (χ0n) is 12.8. The maximum absolute atomic E-state index is 12.9. The number of carbonyl (C=O) groups excluding carboxylic acids is 1. The van der Waals surface area contributed by atoms with Crippen LogP contribution in [0.2, 0.25) is 0 Å². The molecular weight excluding hydrogens is 264 g/mol. The Labute approximate surface area is 126 Å². The summed E-state index contributed by atoms with van der Waals surface area (Å²) in [6.45, 7) is 5.53. The van der Waals surface area contributed by atoms with Gasteiger partial charge < -0.3 is 9.64 Å². The summed E-state index contributed by atoms with van der Waals surface area (Å²) in [6.07, 6.45) is 2.80. The molecule has 4 nitrogen and oxygen atoms in total. The SMILES string of the molecule is CCC1(C)NC(c2ccccc2)N(C2CCCOC2)C1=O. The number of ether oxygens (including phenoxy) is 1. The number of rotatable bonds is 3. The van der Waals surface area contributed by atoms with E-state index in [0.29, 0.717) is 6.61 Å². The Bertz CT molecular complexity index is 499. The van der Waals surface area contributed by atoms with Crippen LogP contribution in [0, 0.1) is 0 Å². The molecule has 1 aromatic rings. The molecule has 1 aromatic carbocycles. The standard InChI is InChI=1S/C17H24N2O2/c1-3-17(2)16(20)19(14-10-7-11-21-12-14)15(18-17)13-8-5-4-6-9-13/h4-6,8-9,14-15,18H,3,7,10-12H2,1-2H3. The van der Waals surface area contributed by atoms with E-state index in [2.05, 4.69) is 24.4 Å². The lowest BCUT2D eigenvalue weighted by Crippen LogP contribution is -2.47. The van der Waals surface area contributed by atoms with Gasteiger partial charge in [0.1, 0.15) is 6.17 Å². The Hall–Kier alpha value is -1.39. The molecule has 3 atom stereocenters. The Balaban J connectivity index is 1.93. The molecule has 114 valence electrons. The molecule has 3 rings (SSSR count). The van der Waals surface area contributed by atoms with Crippen LogP contribution in [-0.2, 0) is 9.53 Å². The second kappa shape index (κ2) is 5.78. The Morgan fingerprint density at radius 3 is 2.76 bits per heavy atom. The van der Waals surface area contributed by atoms with Gasteiger partial charge in [-0.15, -0.1) is 0 Å². The molecule has 0 spiro atoms. The second-order valence-corrected chi connectivity index (χ2v) is 6.23. The van der Waals surface area contributed by atoms with Gasteiger partial charge in [-0.3, -0.25) is 10.1 Å². The number of amides is 1. The first-order chi connectivity index (χ1) is 10.2. The van der Waals surface area contributed by atoms with E-state index >= 15 is 0 Å². The first kappa shape index (κ1) is 14.5. The lowest BCUT2D eigenvalue weighted by atomic mass is 9.98. The normalized spacial score (nSPS) is 33.4. The topological polar surface area (TPSA) is 41.6 Å². The number of hydrogen-bond acceptors (Lipinski definition) is 3. The molecule has 0 bridgehead atoms. The van der Waals surface area contributed by atoms with Crippen LogP contribution in [-0.4, -0.2) is 35.6 Å². The van der Waals surface area contributed by atoms with Crippen molar-refractivity contribution in [1.29, 1.82) is 0 Å². The van der Waals surface area contributed by atoms with Crippen LogP contribution in [0.3, 0.4) is 0 Å². The van der Waals surface area contributed by atoms with Crippen LogP contribution < -0.4 is 5.32 Å². The highest BCUT2D eigenvalue weighted by Gasteiger charge is 2.49. The maximum Gasteiger partial charge on any atom is 0.244 e. The largest absolute Gasteiger partial charge is 0.379 e. The summed E-state index contributed by atoms with van der Waals surface area (Å²) in [6, 6.07) is 10.4. The van der Waals surface area contributed by atoms with E-state index in [1.165, 1.54) is 0 Å². The van der Waals surface area contributed by atoms with Crippen LogP contribution in [0.1, 0.15) is 44.8 Å². The molecule has 0 radical (unpaired) electrons. The summed E-state index contributed by atoms with van der Waals surface area (Å²) in [7, 11) is 0. The minimum Gasteiger partial charge on any atom is -0.379 e. The zero-order chi connectivity index (χ0) is 14.9. The summed E-state index contributed by atoms with van der Waals surface area (Å²) in [5.74, 6) is 0.203. The van der Waals surface area contributed by atoms with Gasteiger partial charge >= 0.3 is 0 Å². The molecule has 0 aliphatic carbocycles. The first-order valence-electron chi connectivity index (χ1n) is 7.89. The fourth-order valence-corrected chi connectivity index (χ4v) is 3.29.